The van der Waals surface area contributed by atoms with Gasteiger partial charge in [-0.3, -0.25) is 0 Å². The smallest absolute Gasteiger partial charge is 0.347 e. The molecule has 4 rings (SSSR count). The van der Waals surface area contributed by atoms with Crippen LogP contribution in [0.25, 0.3) is 22.4 Å². The van der Waals surface area contributed by atoms with Crippen molar-refractivity contribution in [3.05, 3.63) is 52.9 Å². The fraction of sp³-hybridized carbons (Fsp3) is 0.0667. The van der Waals surface area contributed by atoms with Crippen LogP contribution in [0.5, 0.6) is 11.5 Å². The van der Waals surface area contributed by atoms with E-state index < -0.39 is 5.63 Å². The van der Waals surface area contributed by atoms with Gasteiger partial charge in [0.05, 0.1) is 10.9 Å². The molecule has 0 radical (unpaired) electrons. The highest BCUT2D eigenvalue weighted by atomic mass is 16.7. The second-order valence-corrected chi connectivity index (χ2v) is 4.39. The molecule has 0 fully saturated rings. The number of hydrogen-bond donors (Lipinski definition) is 0. The summed E-state index contributed by atoms with van der Waals surface area (Å²) >= 11 is 0. The Bertz CT molecular complexity index is 869. The van der Waals surface area contributed by atoms with Crippen molar-refractivity contribution in [3.63, 3.8) is 0 Å². The van der Waals surface area contributed by atoms with Gasteiger partial charge < -0.3 is 13.9 Å². The minimum atomic E-state index is -0.400. The van der Waals surface area contributed by atoms with E-state index in [0.29, 0.717) is 28.0 Å². The van der Waals surface area contributed by atoms with E-state index in [-0.39, 0.29) is 12.7 Å². The Balaban J connectivity index is 1.92. The largest absolute Gasteiger partial charge is 0.454 e. The Labute approximate surface area is 113 Å². The lowest BCUT2D eigenvalue weighted by Gasteiger charge is -2.02. The molecule has 0 amide bonds. The number of benzene rings is 2. The summed E-state index contributed by atoms with van der Waals surface area (Å²) in [6.07, 6.45) is 0. The first-order valence-electron chi connectivity index (χ1n) is 6.11. The molecule has 5 heteroatoms. The van der Waals surface area contributed by atoms with Crippen LogP contribution in [-0.4, -0.2) is 11.8 Å². The number of rotatable bonds is 1. The van der Waals surface area contributed by atoms with Crippen molar-refractivity contribution in [2.24, 2.45) is 0 Å². The molecule has 0 aliphatic carbocycles. The SMILES string of the molecule is O=c1oc(-c2ccc3c(c2)OCO3)nc2ccccc12. The molecule has 5 nitrogen and oxygen atoms in total. The number of fused-ring (bicyclic) bond motifs is 2. The molecule has 0 saturated heterocycles. The van der Waals surface area contributed by atoms with Gasteiger partial charge in [-0.25, -0.2) is 9.78 Å². The van der Waals surface area contributed by atoms with Gasteiger partial charge >= 0.3 is 5.63 Å². The second kappa shape index (κ2) is 4.09. The number of nitrogens with zero attached hydrogens (tertiary/aromatic N) is 1. The van der Waals surface area contributed by atoms with Gasteiger partial charge in [-0.15, -0.1) is 0 Å². The highest BCUT2D eigenvalue weighted by molar-refractivity contribution is 5.78. The molecule has 1 aliphatic rings. The summed E-state index contributed by atoms with van der Waals surface area (Å²) in [4.78, 5) is 16.3. The average molecular weight is 267 g/mol. The first-order chi connectivity index (χ1) is 9.81. The van der Waals surface area contributed by atoms with Crippen LogP contribution < -0.4 is 15.1 Å². The third kappa shape index (κ3) is 1.64. The molecule has 2 aromatic carbocycles. The molecule has 1 aliphatic heterocycles. The molecule has 0 atom stereocenters. The van der Waals surface area contributed by atoms with E-state index in [1.165, 1.54) is 0 Å². The van der Waals surface area contributed by atoms with Gasteiger partial charge in [0, 0.05) is 5.56 Å². The summed E-state index contributed by atoms with van der Waals surface area (Å²) in [5.41, 5.74) is 0.886. The van der Waals surface area contributed by atoms with E-state index in [4.69, 9.17) is 13.9 Å². The molecular weight excluding hydrogens is 258 g/mol. The normalized spacial score (nSPS) is 12.8. The zero-order chi connectivity index (χ0) is 13.5. The van der Waals surface area contributed by atoms with Crippen LogP contribution in [0.1, 0.15) is 0 Å². The first kappa shape index (κ1) is 11.0. The van der Waals surface area contributed by atoms with Crippen molar-refractivity contribution < 1.29 is 13.9 Å². The predicted molar refractivity (Wildman–Crippen MR) is 71.8 cm³/mol. The van der Waals surface area contributed by atoms with Crippen molar-refractivity contribution in [2.45, 2.75) is 0 Å². The van der Waals surface area contributed by atoms with Crippen molar-refractivity contribution in [3.8, 4) is 23.0 Å². The summed E-state index contributed by atoms with van der Waals surface area (Å²) in [6, 6.07) is 12.4. The molecule has 0 bridgehead atoms. The average Bonchev–Trinajstić information content (AvgIpc) is 2.94. The monoisotopic (exact) mass is 267 g/mol. The Morgan fingerprint density at radius 2 is 1.85 bits per heavy atom. The third-order valence-electron chi connectivity index (χ3n) is 3.15. The Hall–Kier alpha value is -2.82. The fourth-order valence-corrected chi connectivity index (χ4v) is 2.17. The van der Waals surface area contributed by atoms with Crippen molar-refractivity contribution in [1.82, 2.24) is 4.98 Å². The van der Waals surface area contributed by atoms with E-state index in [1.54, 1.807) is 36.4 Å². The zero-order valence-electron chi connectivity index (χ0n) is 10.3. The molecule has 98 valence electrons. The van der Waals surface area contributed by atoms with Crippen LogP contribution in [0, 0.1) is 0 Å². The predicted octanol–water partition coefficient (Wildman–Crippen LogP) is 2.58. The lowest BCUT2D eigenvalue weighted by molar-refractivity contribution is 0.174. The quantitative estimate of drug-likeness (QED) is 0.678. The lowest BCUT2D eigenvalue weighted by Crippen LogP contribution is -2.02. The van der Waals surface area contributed by atoms with Gasteiger partial charge in [-0.2, -0.15) is 0 Å². The van der Waals surface area contributed by atoms with E-state index >= 15 is 0 Å². The maximum absolute atomic E-state index is 11.9. The van der Waals surface area contributed by atoms with Crippen molar-refractivity contribution in [1.29, 1.82) is 0 Å². The van der Waals surface area contributed by atoms with E-state index in [2.05, 4.69) is 4.98 Å². The minimum Gasteiger partial charge on any atom is -0.454 e. The van der Waals surface area contributed by atoms with E-state index in [9.17, 15) is 4.79 Å². The van der Waals surface area contributed by atoms with Gasteiger partial charge in [0.25, 0.3) is 0 Å². The van der Waals surface area contributed by atoms with Gasteiger partial charge in [0.2, 0.25) is 12.7 Å². The molecule has 0 N–H and O–H groups in total. The summed E-state index contributed by atoms with van der Waals surface area (Å²) in [5, 5.41) is 0.469. The minimum absolute atomic E-state index is 0.202. The molecule has 1 aromatic heterocycles. The van der Waals surface area contributed by atoms with Crippen LogP contribution in [0.4, 0.5) is 0 Å². The molecule has 0 unspecified atom stereocenters. The van der Waals surface area contributed by atoms with Crippen molar-refractivity contribution in [2.75, 3.05) is 6.79 Å². The standard InChI is InChI=1S/C15H9NO4/c17-15-10-3-1-2-4-11(10)16-14(20-15)9-5-6-12-13(7-9)19-8-18-12/h1-7H,8H2. The van der Waals surface area contributed by atoms with Crippen LogP contribution in [0.3, 0.4) is 0 Å². The van der Waals surface area contributed by atoms with E-state index in [0.717, 1.165) is 0 Å². The molecule has 20 heavy (non-hydrogen) atoms. The molecule has 0 spiro atoms. The Kier molecular flexibility index (Phi) is 2.26. The Morgan fingerprint density at radius 1 is 1.00 bits per heavy atom. The van der Waals surface area contributed by atoms with Gasteiger partial charge in [-0.1, -0.05) is 12.1 Å². The fourth-order valence-electron chi connectivity index (χ4n) is 2.17. The topological polar surface area (TPSA) is 61.6 Å². The number of aromatic nitrogens is 1. The number of ether oxygens (including phenoxy) is 2. The highest BCUT2D eigenvalue weighted by Gasteiger charge is 2.16. The highest BCUT2D eigenvalue weighted by Crippen LogP contribution is 2.35. The zero-order valence-corrected chi connectivity index (χ0v) is 10.3. The molecule has 3 aromatic rings. The van der Waals surface area contributed by atoms with Crippen molar-refractivity contribution >= 4 is 10.9 Å². The second-order valence-electron chi connectivity index (χ2n) is 4.39. The molecule has 0 saturated carbocycles. The van der Waals surface area contributed by atoms with Crippen LogP contribution >= 0.6 is 0 Å². The summed E-state index contributed by atoms with van der Waals surface area (Å²) < 4.78 is 15.8. The van der Waals surface area contributed by atoms with E-state index in [1.807, 2.05) is 6.07 Å². The maximum atomic E-state index is 11.9. The first-order valence-corrected chi connectivity index (χ1v) is 6.11. The third-order valence-corrected chi connectivity index (χ3v) is 3.15. The molecule has 2 heterocycles. The summed E-state index contributed by atoms with van der Waals surface area (Å²) in [7, 11) is 0. The summed E-state index contributed by atoms with van der Waals surface area (Å²) in [5.74, 6) is 1.57. The Morgan fingerprint density at radius 3 is 2.80 bits per heavy atom. The van der Waals surface area contributed by atoms with Crippen LogP contribution in [-0.2, 0) is 0 Å². The number of para-hydroxylation sites is 1. The van der Waals surface area contributed by atoms with Gasteiger partial charge in [0.15, 0.2) is 11.5 Å². The van der Waals surface area contributed by atoms with Gasteiger partial charge in [0.1, 0.15) is 0 Å². The lowest BCUT2D eigenvalue weighted by atomic mass is 10.2. The molecular formula is C15H9NO4. The maximum Gasteiger partial charge on any atom is 0.347 e. The summed E-state index contributed by atoms with van der Waals surface area (Å²) in [6.45, 7) is 0.202. The van der Waals surface area contributed by atoms with Gasteiger partial charge in [-0.05, 0) is 30.3 Å². The van der Waals surface area contributed by atoms with Crippen LogP contribution in [0.15, 0.2) is 51.7 Å². The van der Waals surface area contributed by atoms with Crippen LogP contribution in [0.2, 0.25) is 0 Å². The number of hydrogen-bond acceptors (Lipinski definition) is 5.